The lowest BCUT2D eigenvalue weighted by Crippen LogP contribution is -2.18. The molecule has 1 aliphatic rings. The van der Waals surface area contributed by atoms with Gasteiger partial charge in [-0.25, -0.2) is 0 Å². The molecular formula is C18H12ClN3O5. The van der Waals surface area contributed by atoms with Gasteiger partial charge in [-0.05, 0) is 17.7 Å². The number of ether oxygens (including phenoxy) is 2. The number of nitriles is 1. The van der Waals surface area contributed by atoms with Crippen molar-refractivity contribution in [2.45, 2.75) is 0 Å². The van der Waals surface area contributed by atoms with E-state index in [1.54, 1.807) is 30.3 Å². The Kier molecular flexibility index (Phi) is 5.24. The number of hydrogen-bond acceptors (Lipinski definition) is 6. The van der Waals surface area contributed by atoms with Gasteiger partial charge in [0.2, 0.25) is 0 Å². The zero-order valence-electron chi connectivity index (χ0n) is 13.8. The molecule has 0 spiro atoms. The molecule has 1 aliphatic heterocycles. The van der Waals surface area contributed by atoms with Crippen molar-refractivity contribution in [3.05, 3.63) is 62.7 Å². The summed E-state index contributed by atoms with van der Waals surface area (Å²) < 4.78 is 10.7. The fourth-order valence-corrected chi connectivity index (χ4v) is 2.61. The highest BCUT2D eigenvalue weighted by Gasteiger charge is 2.24. The van der Waals surface area contributed by atoms with Crippen LogP contribution in [0.25, 0.3) is 6.08 Å². The molecule has 0 bridgehead atoms. The fraction of sp³-hybridized carbons (Fsp3) is 0.111. The largest absolute Gasteiger partial charge is 0.486 e. The second-order valence-electron chi connectivity index (χ2n) is 5.42. The van der Waals surface area contributed by atoms with Crippen molar-refractivity contribution in [3.8, 4) is 17.6 Å². The molecule has 0 radical (unpaired) electrons. The summed E-state index contributed by atoms with van der Waals surface area (Å²) in [4.78, 5) is 23.1. The Morgan fingerprint density at radius 2 is 1.93 bits per heavy atom. The average Bonchev–Trinajstić information content (AvgIpc) is 2.66. The van der Waals surface area contributed by atoms with E-state index < -0.39 is 10.8 Å². The predicted octanol–water partition coefficient (Wildman–Crippen LogP) is 3.57. The first-order valence-corrected chi connectivity index (χ1v) is 8.13. The number of carbonyl (C=O) groups is 1. The SMILES string of the molecule is N#CC(=Cc1ccccc1Cl)C(=O)Nc1cc2c(cc1[N+](=O)[O-])OCCO2. The minimum absolute atomic E-state index is 0.102. The standard InChI is InChI=1S/C18H12ClN3O5/c19-13-4-2-1-3-11(13)7-12(10-20)18(23)21-14-8-16-17(27-6-5-26-16)9-15(14)22(24)25/h1-4,7-9H,5-6H2,(H,21,23). The van der Waals surface area contributed by atoms with Gasteiger partial charge in [0.25, 0.3) is 11.6 Å². The number of halogens is 1. The third-order valence-corrected chi connectivity index (χ3v) is 4.02. The molecule has 8 nitrogen and oxygen atoms in total. The number of fused-ring (bicyclic) bond motifs is 1. The van der Waals surface area contributed by atoms with Gasteiger partial charge in [-0.15, -0.1) is 0 Å². The number of nitrogens with one attached hydrogen (secondary N) is 1. The van der Waals surface area contributed by atoms with E-state index in [1.165, 1.54) is 18.2 Å². The van der Waals surface area contributed by atoms with Crippen LogP contribution in [0, 0.1) is 21.4 Å². The van der Waals surface area contributed by atoms with E-state index >= 15 is 0 Å². The van der Waals surface area contributed by atoms with Gasteiger partial charge in [-0.1, -0.05) is 29.8 Å². The average molecular weight is 386 g/mol. The summed E-state index contributed by atoms with van der Waals surface area (Å²) in [6, 6.07) is 10.9. The fourth-order valence-electron chi connectivity index (χ4n) is 2.42. The molecule has 0 saturated heterocycles. The lowest BCUT2D eigenvalue weighted by Gasteiger charge is -2.19. The van der Waals surface area contributed by atoms with Gasteiger partial charge in [-0.2, -0.15) is 5.26 Å². The Hall–Kier alpha value is -3.57. The van der Waals surface area contributed by atoms with Crippen LogP contribution in [0.4, 0.5) is 11.4 Å². The highest BCUT2D eigenvalue weighted by Crippen LogP contribution is 2.39. The minimum Gasteiger partial charge on any atom is -0.486 e. The van der Waals surface area contributed by atoms with Crippen molar-refractivity contribution in [2.75, 3.05) is 18.5 Å². The number of nitro groups is 1. The Bertz CT molecular complexity index is 997. The lowest BCUT2D eigenvalue weighted by molar-refractivity contribution is -0.384. The normalized spacial score (nSPS) is 12.8. The third kappa shape index (κ3) is 3.99. The molecule has 0 fully saturated rings. The molecule has 2 aromatic carbocycles. The van der Waals surface area contributed by atoms with Crippen LogP contribution in [0.15, 0.2) is 42.0 Å². The van der Waals surface area contributed by atoms with E-state index in [4.69, 9.17) is 21.1 Å². The molecule has 136 valence electrons. The third-order valence-electron chi connectivity index (χ3n) is 3.68. The zero-order chi connectivity index (χ0) is 19.4. The first-order chi connectivity index (χ1) is 13.0. The van der Waals surface area contributed by atoms with Gasteiger partial charge in [0.1, 0.15) is 30.5 Å². The monoisotopic (exact) mass is 385 g/mol. The molecule has 3 rings (SSSR count). The van der Waals surface area contributed by atoms with Crippen molar-refractivity contribution in [2.24, 2.45) is 0 Å². The van der Waals surface area contributed by atoms with Crippen LogP contribution in [0.1, 0.15) is 5.56 Å². The Balaban J connectivity index is 1.94. The lowest BCUT2D eigenvalue weighted by atomic mass is 10.1. The van der Waals surface area contributed by atoms with Crippen LogP contribution in [0.5, 0.6) is 11.5 Å². The van der Waals surface area contributed by atoms with Gasteiger partial charge in [0.05, 0.1) is 11.0 Å². The van der Waals surface area contributed by atoms with Crippen molar-refractivity contribution in [1.29, 1.82) is 5.26 Å². The van der Waals surface area contributed by atoms with E-state index in [2.05, 4.69) is 5.32 Å². The van der Waals surface area contributed by atoms with Crippen LogP contribution in [-0.4, -0.2) is 24.0 Å². The van der Waals surface area contributed by atoms with Crippen molar-refractivity contribution < 1.29 is 19.2 Å². The molecular weight excluding hydrogens is 374 g/mol. The van der Waals surface area contributed by atoms with Gasteiger partial charge < -0.3 is 14.8 Å². The summed E-state index contributed by atoms with van der Waals surface area (Å²) >= 11 is 6.03. The van der Waals surface area contributed by atoms with E-state index in [0.717, 1.165) is 0 Å². The summed E-state index contributed by atoms with van der Waals surface area (Å²) in [5, 5.41) is 23.4. The molecule has 1 amide bonds. The number of hydrogen-bond donors (Lipinski definition) is 1. The predicted molar refractivity (Wildman–Crippen MR) is 97.8 cm³/mol. The van der Waals surface area contributed by atoms with Gasteiger partial charge >= 0.3 is 0 Å². The Morgan fingerprint density at radius 1 is 1.26 bits per heavy atom. The number of anilines is 1. The summed E-state index contributed by atoms with van der Waals surface area (Å²) in [5.41, 5.74) is -0.257. The molecule has 0 aromatic heterocycles. The first kappa shape index (κ1) is 18.2. The van der Waals surface area contributed by atoms with E-state index in [9.17, 15) is 20.2 Å². The Labute approximate surface area is 158 Å². The van der Waals surface area contributed by atoms with Gasteiger partial charge in [0, 0.05) is 11.1 Å². The molecule has 1 heterocycles. The second-order valence-corrected chi connectivity index (χ2v) is 5.82. The van der Waals surface area contributed by atoms with Crippen molar-refractivity contribution in [1.82, 2.24) is 0 Å². The molecule has 27 heavy (non-hydrogen) atoms. The van der Waals surface area contributed by atoms with Crippen LogP contribution >= 0.6 is 11.6 Å². The molecule has 9 heteroatoms. The minimum atomic E-state index is -0.808. The van der Waals surface area contributed by atoms with E-state index in [1.807, 2.05) is 0 Å². The summed E-state index contributed by atoms with van der Waals surface area (Å²) in [5.74, 6) is -0.314. The number of benzene rings is 2. The molecule has 0 unspecified atom stereocenters. The topological polar surface area (TPSA) is 114 Å². The van der Waals surface area contributed by atoms with Crippen LogP contribution in [0.2, 0.25) is 5.02 Å². The van der Waals surface area contributed by atoms with Crippen molar-refractivity contribution >= 4 is 35.0 Å². The zero-order valence-corrected chi connectivity index (χ0v) is 14.5. The van der Waals surface area contributed by atoms with E-state index in [0.29, 0.717) is 10.6 Å². The highest BCUT2D eigenvalue weighted by atomic mass is 35.5. The molecule has 0 saturated carbocycles. The maximum Gasteiger partial charge on any atom is 0.296 e. The van der Waals surface area contributed by atoms with Crippen molar-refractivity contribution in [3.63, 3.8) is 0 Å². The highest BCUT2D eigenvalue weighted by molar-refractivity contribution is 6.32. The smallest absolute Gasteiger partial charge is 0.296 e. The summed E-state index contributed by atoms with van der Waals surface area (Å²) in [6.45, 7) is 0.559. The van der Waals surface area contributed by atoms with Crippen LogP contribution < -0.4 is 14.8 Å². The molecule has 1 N–H and O–H groups in total. The van der Waals surface area contributed by atoms with Crippen LogP contribution in [0.3, 0.4) is 0 Å². The summed E-state index contributed by atoms with van der Waals surface area (Å²) in [7, 11) is 0. The number of nitro benzene ring substituents is 1. The molecule has 0 atom stereocenters. The first-order valence-electron chi connectivity index (χ1n) is 7.75. The quantitative estimate of drug-likeness (QED) is 0.372. The van der Waals surface area contributed by atoms with Crippen LogP contribution in [-0.2, 0) is 4.79 Å². The van der Waals surface area contributed by atoms with Gasteiger partial charge in [0.15, 0.2) is 11.5 Å². The molecule has 2 aromatic rings. The number of nitrogens with zero attached hydrogens (tertiary/aromatic N) is 2. The van der Waals surface area contributed by atoms with E-state index in [-0.39, 0.29) is 41.7 Å². The number of carbonyl (C=O) groups excluding carboxylic acids is 1. The summed E-state index contributed by atoms with van der Waals surface area (Å²) in [6.07, 6.45) is 1.31. The maximum atomic E-state index is 12.5. The maximum absolute atomic E-state index is 12.5. The second kappa shape index (κ2) is 7.76. The Morgan fingerprint density at radius 3 is 2.56 bits per heavy atom. The number of rotatable bonds is 4. The molecule has 0 aliphatic carbocycles. The van der Waals surface area contributed by atoms with Gasteiger partial charge in [-0.3, -0.25) is 14.9 Å². The number of amides is 1.